The number of esters is 1. The molecule has 5 aromatic rings. The van der Waals surface area contributed by atoms with Crippen molar-refractivity contribution in [1.29, 1.82) is 0 Å². The molecule has 86 heavy (non-hydrogen) atoms. The van der Waals surface area contributed by atoms with E-state index in [1.54, 1.807) is 35.9 Å². The van der Waals surface area contributed by atoms with Crippen molar-refractivity contribution in [3.63, 3.8) is 0 Å². The van der Waals surface area contributed by atoms with Gasteiger partial charge in [-0.05, 0) is 107 Å². The minimum Gasteiger partial charge on any atom is -0.496 e. The number of hydrogen-bond donors (Lipinski definition) is 5. The molecule has 6 aliphatic rings. The normalized spacial score (nSPS) is 29.5. The summed E-state index contributed by atoms with van der Waals surface area (Å²) in [5.74, 6) is -0.106. The number of amides is 1. The number of hydrogen-bond acceptors (Lipinski definition) is 19. The monoisotopic (exact) mass is 1240 g/mol. The highest BCUT2D eigenvalue weighted by Crippen LogP contribution is 2.67. The molecule has 1 unspecified atom stereocenters. The van der Waals surface area contributed by atoms with Gasteiger partial charge in [0.1, 0.15) is 23.9 Å². The van der Waals surface area contributed by atoms with E-state index in [0.29, 0.717) is 139 Å². The summed E-state index contributed by atoms with van der Waals surface area (Å²) in [6.07, 6.45) is 11.7. The van der Waals surface area contributed by atoms with Gasteiger partial charge in [0.2, 0.25) is 0 Å². The number of methoxy groups -OCH3 is 2. The van der Waals surface area contributed by atoms with E-state index in [4.69, 9.17) is 27.8 Å². The van der Waals surface area contributed by atoms with Crippen LogP contribution in [0.2, 0.25) is 19.1 Å². The highest BCUT2D eigenvalue weighted by atomic mass is 32.2. The number of carbonyl (C=O) groups excluding carboxylic acids is 2. The Balaban J connectivity index is 0.786. The van der Waals surface area contributed by atoms with Crippen molar-refractivity contribution >= 4 is 58.3 Å². The maximum absolute atomic E-state index is 15.6. The van der Waals surface area contributed by atoms with Gasteiger partial charge in [0.25, 0.3) is 5.91 Å². The Morgan fingerprint density at radius 2 is 1.76 bits per heavy atom. The largest absolute Gasteiger partial charge is 0.496 e. The average Bonchev–Trinajstić information content (AvgIpc) is 1.44. The van der Waals surface area contributed by atoms with Gasteiger partial charge < -0.3 is 58.3 Å². The van der Waals surface area contributed by atoms with Crippen molar-refractivity contribution in [1.82, 2.24) is 45.1 Å². The Morgan fingerprint density at radius 3 is 2.50 bits per heavy atom. The number of rotatable bonds is 25. The van der Waals surface area contributed by atoms with Crippen molar-refractivity contribution in [3.8, 4) is 11.5 Å². The fourth-order valence-corrected chi connectivity index (χ4v) is 22.3. The number of H-pyrrole nitrogens is 1. The van der Waals surface area contributed by atoms with Crippen molar-refractivity contribution in [3.05, 3.63) is 95.2 Å². The second-order valence-electron chi connectivity index (χ2n) is 25.3. The number of likely N-dealkylation sites (N-methyl/N-ethyl adjacent to an activating group) is 1. The summed E-state index contributed by atoms with van der Waals surface area (Å²) in [5, 5.41) is 52.6. The van der Waals surface area contributed by atoms with Crippen LogP contribution in [0.15, 0.2) is 72.3 Å². The number of aromatic amines is 1. The number of ether oxygens (including phenoxy) is 5. The van der Waals surface area contributed by atoms with Gasteiger partial charge in [-0.3, -0.25) is 19.4 Å². The first-order valence-corrected chi connectivity index (χ1v) is 36.5. The van der Waals surface area contributed by atoms with Crippen LogP contribution < -0.4 is 19.7 Å². The van der Waals surface area contributed by atoms with Crippen LogP contribution in [0.25, 0.3) is 10.9 Å². The number of carbonyl (C=O) groups is 2. The number of para-hydroxylation sites is 1. The van der Waals surface area contributed by atoms with Crippen LogP contribution in [0.5, 0.6) is 11.5 Å². The number of aliphatic hydroxyl groups excluding tert-OH is 1. The van der Waals surface area contributed by atoms with Crippen molar-refractivity contribution in [2.24, 2.45) is 11.3 Å². The molecule has 1 aliphatic carbocycles. The summed E-state index contributed by atoms with van der Waals surface area (Å²) >= 11 is 1.57. The summed E-state index contributed by atoms with van der Waals surface area (Å²) < 4.78 is 37.9. The molecular formula is C62H88N10O11SSi2. The van der Waals surface area contributed by atoms with E-state index >= 15 is 9.59 Å². The minimum atomic E-state index is -2.28. The van der Waals surface area contributed by atoms with E-state index in [0.717, 1.165) is 50.5 Å². The maximum Gasteiger partial charge on any atom is 0.322 e. The first-order valence-electron chi connectivity index (χ1n) is 30.8. The average molecular weight is 1240 g/mol. The molecule has 1 amide bonds. The summed E-state index contributed by atoms with van der Waals surface area (Å²) in [5.41, 5.74) is -0.690. The Kier molecular flexibility index (Phi) is 18.4. The minimum absolute atomic E-state index is 0.108. The van der Waals surface area contributed by atoms with Crippen LogP contribution in [-0.4, -0.2) is 213 Å². The molecule has 3 aromatic heterocycles. The number of piperidine rings is 1. The molecular weight excluding hydrogens is 1150 g/mol. The van der Waals surface area contributed by atoms with Gasteiger partial charge in [0, 0.05) is 102 Å². The molecule has 2 aromatic carbocycles. The highest BCUT2D eigenvalue weighted by molar-refractivity contribution is 8.00. The SMILES string of the molecule is CC[C@]1(O)C[C@H]2CN(CCc3c([nH]c4ccccc34)[C@@](C(=O)OC)(c3cc4c(cc3OC)N(C)[C@H]3[C@@](O)(C(=O)NCCC[Si](C)(C)O[SiH2]CSc5ncc(OCCOCCOCCn6cc(C)nn6)cn5)[C@H](O)[C@]5(CC)C=CCN6CC[C@]43[C@@H]65)C2)C1. The van der Waals surface area contributed by atoms with E-state index in [9.17, 15) is 15.3 Å². The summed E-state index contributed by atoms with van der Waals surface area (Å²) in [6.45, 7) is 16.9. The molecule has 21 nitrogen and oxygen atoms in total. The lowest BCUT2D eigenvalue weighted by atomic mass is 9.47. The lowest BCUT2D eigenvalue weighted by molar-refractivity contribution is -0.203. The van der Waals surface area contributed by atoms with Gasteiger partial charge in [-0.1, -0.05) is 61.2 Å². The number of thioether (sulfide) groups is 1. The highest BCUT2D eigenvalue weighted by Gasteiger charge is 2.78. The zero-order valence-corrected chi connectivity index (χ0v) is 54.5. The lowest BCUT2D eigenvalue weighted by Gasteiger charge is -2.63. The van der Waals surface area contributed by atoms with Crippen LogP contribution in [-0.2, 0) is 51.7 Å². The van der Waals surface area contributed by atoms with E-state index in [1.807, 2.05) is 57.1 Å². The molecule has 2 bridgehead atoms. The number of nitrogens with zero attached hydrogens (tertiary/aromatic N) is 8. The fraction of sp³-hybridized carbons (Fsp3) is 0.613. The number of aryl methyl sites for hydroxylation is 1. The van der Waals surface area contributed by atoms with Crippen molar-refractivity contribution < 1.29 is 52.7 Å². The third-order valence-corrected chi connectivity index (χ3v) is 27.3. The van der Waals surface area contributed by atoms with Gasteiger partial charge in [0.05, 0.1) is 76.9 Å². The van der Waals surface area contributed by atoms with Gasteiger partial charge in [0.15, 0.2) is 34.6 Å². The molecule has 1 spiro atoms. The standard InChI is InChI=1S/C62H88N10O11SSi2/c1-9-58(76)33-42-34-61(56(75)79-6,51-45(17-22-70(38-42)39-58)44-15-11-12-16-48(44)66-51)47-31-46-49(32-50(47)78-5)69(4)53-60(46)19-23-71-21-13-18-59(10-2,52(60)71)54(73)62(53,77)55(74)63-20-14-30-86(7,8)83-85-40-84-57-64-35-43(36-65-57)82-29-28-81-27-26-80-25-24-72-37-41(3)67-68-72/h11-13,15-16,18,31-32,35-37,42,52-54,66,73,76-77H,9-10,14,17,19-30,33-34,38-40,85H2,1-8H3,(H,63,74)/t42-,52+,53-,54-,58+,59-,60-,61+,62+/m1/s1. The molecule has 10 atom stereocenters. The predicted molar refractivity (Wildman–Crippen MR) is 333 cm³/mol. The number of fused-ring (bicyclic) bond motifs is 6. The van der Waals surface area contributed by atoms with E-state index in [1.165, 1.54) is 7.11 Å². The molecule has 5 N–H and O–H groups in total. The molecule has 2 saturated heterocycles. The quantitative estimate of drug-likeness (QED) is 0.0134. The van der Waals surface area contributed by atoms with Gasteiger partial charge >= 0.3 is 5.97 Å². The van der Waals surface area contributed by atoms with E-state index < -0.39 is 69.5 Å². The molecule has 466 valence electrons. The van der Waals surface area contributed by atoms with E-state index in [-0.39, 0.29) is 18.5 Å². The summed E-state index contributed by atoms with van der Waals surface area (Å²) in [7, 11) is 1.90. The molecule has 1 saturated carbocycles. The van der Waals surface area contributed by atoms with Crippen LogP contribution in [0.4, 0.5) is 5.69 Å². The fourth-order valence-electron chi connectivity index (χ4n) is 16.1. The number of nitrogens with one attached hydrogen (secondary N) is 2. The second-order valence-corrected chi connectivity index (χ2v) is 33.2. The zero-order chi connectivity index (χ0) is 60.7. The summed E-state index contributed by atoms with van der Waals surface area (Å²) in [4.78, 5) is 50.6. The maximum atomic E-state index is 15.6. The Labute approximate surface area is 512 Å². The first kappa shape index (κ1) is 62.4. The molecule has 8 heterocycles. The van der Waals surface area contributed by atoms with Crippen molar-refractivity contribution in [2.45, 2.75) is 137 Å². The molecule has 0 radical (unpaired) electrons. The number of benzene rings is 2. The van der Waals surface area contributed by atoms with Crippen LogP contribution in [0.1, 0.15) is 80.5 Å². The van der Waals surface area contributed by atoms with Gasteiger partial charge in [-0.15, -0.1) is 5.10 Å². The molecule has 5 aliphatic heterocycles. The van der Waals surface area contributed by atoms with Crippen LogP contribution >= 0.6 is 11.8 Å². The lowest BCUT2D eigenvalue weighted by Crippen LogP contribution is -2.81. The third kappa shape index (κ3) is 11.2. The van der Waals surface area contributed by atoms with Crippen LogP contribution in [0, 0.1) is 18.3 Å². The first-order chi connectivity index (χ1) is 41.4. The summed E-state index contributed by atoms with van der Waals surface area (Å²) in [6, 6.07) is 11.9. The van der Waals surface area contributed by atoms with E-state index in [2.05, 4.69) is 83.8 Å². The smallest absolute Gasteiger partial charge is 0.322 e. The molecule has 11 rings (SSSR count). The van der Waals surface area contributed by atoms with Crippen molar-refractivity contribution in [2.75, 3.05) is 104 Å². The number of aromatic nitrogens is 6. The third-order valence-electron chi connectivity index (χ3n) is 19.8. The predicted octanol–water partition coefficient (Wildman–Crippen LogP) is 4.61. The van der Waals surface area contributed by atoms with Crippen LogP contribution in [0.3, 0.4) is 0 Å². The van der Waals surface area contributed by atoms with Gasteiger partial charge in [-0.25, -0.2) is 14.6 Å². The Hall–Kier alpha value is -5.26. The second kappa shape index (κ2) is 25.3. The number of anilines is 1. The van der Waals surface area contributed by atoms with Gasteiger partial charge in [-0.2, -0.15) is 0 Å². The zero-order valence-electron chi connectivity index (χ0n) is 51.3. The topological polar surface area (TPSA) is 244 Å². The number of aliphatic hydroxyl groups is 3. The Morgan fingerprint density at radius 1 is 0.977 bits per heavy atom. The molecule has 24 heteroatoms. The molecule has 3 fully saturated rings. The Bertz CT molecular complexity index is 3260.